The number of carboxylic acid groups (broad SMARTS) is 1. The third-order valence-electron chi connectivity index (χ3n) is 2.48. The number of carboxylic acids is 1. The molecule has 7 heteroatoms. The van der Waals surface area contributed by atoms with Gasteiger partial charge in [-0.25, -0.2) is 4.98 Å². The third-order valence-corrected chi connectivity index (χ3v) is 2.93. The molecular formula is C11H11BrN2O4. The molecule has 96 valence electrons. The fraction of sp³-hybridized carbons (Fsp3) is 0.364. The van der Waals surface area contributed by atoms with Crippen LogP contribution >= 0.6 is 15.9 Å². The van der Waals surface area contributed by atoms with Crippen molar-refractivity contribution in [1.82, 2.24) is 4.98 Å². The van der Waals surface area contributed by atoms with E-state index < -0.39 is 12.1 Å². The minimum Gasteiger partial charge on any atom is -0.481 e. The van der Waals surface area contributed by atoms with Crippen LogP contribution in [0.2, 0.25) is 0 Å². The number of carbonyl (C=O) groups excluding carboxylic acids is 1. The van der Waals surface area contributed by atoms with E-state index in [1.165, 1.54) is 0 Å². The summed E-state index contributed by atoms with van der Waals surface area (Å²) in [6.07, 6.45) is 0.138. The summed E-state index contributed by atoms with van der Waals surface area (Å²) in [6.45, 7) is 0. The van der Waals surface area contributed by atoms with Gasteiger partial charge in [0, 0.05) is 6.42 Å². The van der Waals surface area contributed by atoms with Gasteiger partial charge in [-0.3, -0.25) is 9.59 Å². The minimum atomic E-state index is -0.878. The molecule has 2 rings (SSSR count). The number of amides is 1. The van der Waals surface area contributed by atoms with Crippen LogP contribution in [0, 0.1) is 0 Å². The predicted molar refractivity (Wildman–Crippen MR) is 66.5 cm³/mol. The molecule has 0 saturated carbocycles. The summed E-state index contributed by atoms with van der Waals surface area (Å²) in [5, 5.41) is 11.2. The number of aromatic nitrogens is 1. The highest BCUT2D eigenvalue weighted by molar-refractivity contribution is 9.10. The van der Waals surface area contributed by atoms with Gasteiger partial charge in [0.25, 0.3) is 5.91 Å². The van der Waals surface area contributed by atoms with Gasteiger partial charge in [-0.2, -0.15) is 0 Å². The van der Waals surface area contributed by atoms with Gasteiger partial charge >= 0.3 is 5.97 Å². The molecule has 0 aliphatic carbocycles. The van der Waals surface area contributed by atoms with Gasteiger partial charge in [-0.05, 0) is 40.9 Å². The van der Waals surface area contributed by atoms with Crippen LogP contribution < -0.4 is 10.1 Å². The monoisotopic (exact) mass is 314 g/mol. The summed E-state index contributed by atoms with van der Waals surface area (Å²) in [7, 11) is 0. The van der Waals surface area contributed by atoms with Crippen molar-refractivity contribution in [2.24, 2.45) is 0 Å². The van der Waals surface area contributed by atoms with E-state index in [1.807, 2.05) is 0 Å². The summed E-state index contributed by atoms with van der Waals surface area (Å²) in [5.41, 5.74) is 0. The Morgan fingerprint density at radius 1 is 1.56 bits per heavy atom. The highest BCUT2D eigenvalue weighted by Gasteiger charge is 2.28. The number of carbonyl (C=O) groups is 2. The summed E-state index contributed by atoms with van der Waals surface area (Å²) < 4.78 is 6.10. The number of hydrogen-bond acceptors (Lipinski definition) is 4. The molecule has 1 aromatic rings. The molecule has 0 saturated heterocycles. The van der Waals surface area contributed by atoms with Crippen molar-refractivity contribution in [1.29, 1.82) is 0 Å². The zero-order valence-corrected chi connectivity index (χ0v) is 10.9. The standard InChI is InChI=1S/C11H11BrN2O4/c12-8-5-4-6-10(13-8)14-11(17)7(18-6)2-1-3-9(15)16/h4-5,7H,1-3H2,(H,15,16)(H,13,14,17). The Morgan fingerprint density at radius 2 is 2.33 bits per heavy atom. The van der Waals surface area contributed by atoms with E-state index >= 15 is 0 Å². The Kier molecular flexibility index (Phi) is 3.81. The maximum Gasteiger partial charge on any atom is 0.303 e. The van der Waals surface area contributed by atoms with Crippen molar-refractivity contribution in [2.75, 3.05) is 5.32 Å². The summed E-state index contributed by atoms with van der Waals surface area (Å²) in [4.78, 5) is 26.2. The zero-order valence-electron chi connectivity index (χ0n) is 9.35. The molecule has 0 bridgehead atoms. The Labute approximate surface area is 111 Å². The zero-order chi connectivity index (χ0) is 13.1. The summed E-state index contributed by atoms with van der Waals surface area (Å²) >= 11 is 3.20. The number of hydrogen-bond donors (Lipinski definition) is 2. The molecule has 18 heavy (non-hydrogen) atoms. The highest BCUT2D eigenvalue weighted by atomic mass is 79.9. The summed E-state index contributed by atoms with van der Waals surface area (Å²) in [5.74, 6) is -0.294. The largest absolute Gasteiger partial charge is 0.481 e. The molecular weight excluding hydrogens is 304 g/mol. The number of ether oxygens (including phenoxy) is 1. The second kappa shape index (κ2) is 5.34. The second-order valence-corrected chi connectivity index (χ2v) is 4.67. The van der Waals surface area contributed by atoms with Crippen LogP contribution in [0.25, 0.3) is 0 Å². The van der Waals surface area contributed by atoms with Gasteiger partial charge in [-0.15, -0.1) is 0 Å². The highest BCUT2D eigenvalue weighted by Crippen LogP contribution is 2.30. The first-order valence-electron chi connectivity index (χ1n) is 5.42. The average molecular weight is 315 g/mol. The molecule has 1 unspecified atom stereocenters. The smallest absolute Gasteiger partial charge is 0.303 e. The van der Waals surface area contributed by atoms with Crippen LogP contribution in [0.5, 0.6) is 5.75 Å². The predicted octanol–water partition coefficient (Wildman–Crippen LogP) is 1.80. The molecule has 0 aromatic carbocycles. The van der Waals surface area contributed by atoms with Gasteiger partial charge in [-0.1, -0.05) is 0 Å². The van der Waals surface area contributed by atoms with Crippen LogP contribution in [0.15, 0.2) is 16.7 Å². The van der Waals surface area contributed by atoms with Crippen molar-refractivity contribution in [3.63, 3.8) is 0 Å². The molecule has 2 heterocycles. The van der Waals surface area contributed by atoms with E-state index in [-0.39, 0.29) is 12.3 Å². The van der Waals surface area contributed by atoms with Gasteiger partial charge in [0.15, 0.2) is 17.7 Å². The molecule has 0 spiro atoms. The Hall–Kier alpha value is -1.63. The van der Waals surface area contributed by atoms with Gasteiger partial charge in [0.1, 0.15) is 4.60 Å². The normalized spacial score (nSPS) is 17.6. The Morgan fingerprint density at radius 3 is 3.06 bits per heavy atom. The van der Waals surface area contributed by atoms with Crippen LogP contribution in [0.3, 0.4) is 0 Å². The number of rotatable bonds is 4. The fourth-order valence-electron chi connectivity index (χ4n) is 1.64. The molecule has 6 nitrogen and oxygen atoms in total. The lowest BCUT2D eigenvalue weighted by atomic mass is 10.1. The van der Waals surface area contributed by atoms with Gasteiger partial charge < -0.3 is 15.2 Å². The minimum absolute atomic E-state index is 0.0264. The van der Waals surface area contributed by atoms with Crippen LogP contribution in [0.4, 0.5) is 5.82 Å². The molecule has 2 N–H and O–H groups in total. The first-order valence-corrected chi connectivity index (χ1v) is 6.21. The van der Waals surface area contributed by atoms with Gasteiger partial charge in [0.2, 0.25) is 0 Å². The number of pyridine rings is 1. The van der Waals surface area contributed by atoms with Crippen molar-refractivity contribution >= 4 is 33.6 Å². The lowest BCUT2D eigenvalue weighted by molar-refractivity contribution is -0.137. The van der Waals surface area contributed by atoms with E-state index in [0.717, 1.165) is 0 Å². The number of nitrogens with zero attached hydrogens (tertiary/aromatic N) is 1. The SMILES string of the molecule is O=C(O)CCCC1Oc2ccc(Br)nc2NC1=O. The Bertz CT molecular complexity index is 492. The molecule has 1 atom stereocenters. The molecule has 1 aliphatic heterocycles. The van der Waals surface area contributed by atoms with Crippen LogP contribution in [-0.4, -0.2) is 28.1 Å². The van der Waals surface area contributed by atoms with E-state index in [9.17, 15) is 9.59 Å². The molecule has 1 aliphatic rings. The topological polar surface area (TPSA) is 88.5 Å². The van der Waals surface area contributed by atoms with E-state index in [2.05, 4.69) is 26.2 Å². The number of halogens is 1. The van der Waals surface area contributed by atoms with E-state index in [0.29, 0.717) is 29.0 Å². The van der Waals surface area contributed by atoms with E-state index in [4.69, 9.17) is 9.84 Å². The maximum atomic E-state index is 11.7. The lowest BCUT2D eigenvalue weighted by Gasteiger charge is -2.24. The quantitative estimate of drug-likeness (QED) is 0.827. The lowest BCUT2D eigenvalue weighted by Crippen LogP contribution is -2.37. The molecule has 0 radical (unpaired) electrons. The third kappa shape index (κ3) is 2.98. The summed E-state index contributed by atoms with van der Waals surface area (Å²) in [6, 6.07) is 3.42. The molecule has 0 fully saturated rings. The fourth-order valence-corrected chi connectivity index (χ4v) is 1.95. The van der Waals surface area contributed by atoms with Crippen molar-refractivity contribution in [3.05, 3.63) is 16.7 Å². The number of fused-ring (bicyclic) bond motifs is 1. The van der Waals surface area contributed by atoms with Crippen LogP contribution in [0.1, 0.15) is 19.3 Å². The van der Waals surface area contributed by atoms with Crippen molar-refractivity contribution < 1.29 is 19.4 Å². The Balaban J connectivity index is 2.02. The molecule has 1 amide bonds. The van der Waals surface area contributed by atoms with E-state index in [1.54, 1.807) is 12.1 Å². The first kappa shape index (κ1) is 12.8. The number of aliphatic carboxylic acids is 1. The van der Waals surface area contributed by atoms with Gasteiger partial charge in [0.05, 0.1) is 0 Å². The van der Waals surface area contributed by atoms with Crippen LogP contribution in [-0.2, 0) is 9.59 Å². The second-order valence-electron chi connectivity index (χ2n) is 3.86. The maximum absolute atomic E-state index is 11.7. The molecule has 1 aromatic heterocycles. The number of anilines is 1. The van der Waals surface area contributed by atoms with Crippen molar-refractivity contribution in [3.8, 4) is 5.75 Å². The van der Waals surface area contributed by atoms with Crippen molar-refractivity contribution in [2.45, 2.75) is 25.4 Å². The average Bonchev–Trinajstić information content (AvgIpc) is 2.29. The number of nitrogens with one attached hydrogen (secondary N) is 1. The first-order chi connectivity index (χ1) is 8.56.